The van der Waals surface area contributed by atoms with E-state index in [1.807, 2.05) is 60.7 Å². The number of benzene rings is 2. The highest BCUT2D eigenvalue weighted by Gasteiger charge is 2.21. The number of rotatable bonds is 10. The minimum Gasteiger partial charge on any atom is -0.355 e. The van der Waals surface area contributed by atoms with Crippen LogP contribution in [0.5, 0.6) is 0 Å². The van der Waals surface area contributed by atoms with Crippen LogP contribution in [0.2, 0.25) is 0 Å². The fourth-order valence-electron chi connectivity index (χ4n) is 3.10. The van der Waals surface area contributed by atoms with E-state index in [0.29, 0.717) is 0 Å². The fourth-order valence-corrected chi connectivity index (χ4v) is 3.10. The molecule has 0 heterocycles. The average molecular weight is 338 g/mol. The smallest absolute Gasteiger partial charge is 0.232 e. The Morgan fingerprint density at radius 2 is 1.40 bits per heavy atom. The van der Waals surface area contributed by atoms with Gasteiger partial charge in [0.05, 0.1) is 5.92 Å². The molecule has 3 heteroatoms. The molecule has 0 aliphatic heterocycles. The molecule has 0 aliphatic rings. The molecule has 0 atom stereocenters. The number of amides is 1. The Balaban J connectivity index is 1.93. The molecule has 0 fully saturated rings. The van der Waals surface area contributed by atoms with Gasteiger partial charge in [0.15, 0.2) is 0 Å². The zero-order valence-corrected chi connectivity index (χ0v) is 15.4. The predicted octanol–water partition coefficient (Wildman–Crippen LogP) is 4.06. The summed E-state index contributed by atoms with van der Waals surface area (Å²) in [6, 6.07) is 20.0. The molecule has 134 valence electrons. The maximum absolute atomic E-state index is 12.8. The highest BCUT2D eigenvalue weighted by Crippen LogP contribution is 2.24. The Bertz CT molecular complexity index is 569. The summed E-state index contributed by atoms with van der Waals surface area (Å²) in [6.45, 7) is 8.39. The molecule has 1 N–H and O–H groups in total. The maximum Gasteiger partial charge on any atom is 0.232 e. The van der Waals surface area contributed by atoms with Crippen molar-refractivity contribution in [2.75, 3.05) is 26.2 Å². The highest BCUT2D eigenvalue weighted by atomic mass is 16.1. The van der Waals surface area contributed by atoms with E-state index in [9.17, 15) is 4.79 Å². The van der Waals surface area contributed by atoms with Gasteiger partial charge in [-0.3, -0.25) is 4.79 Å². The lowest BCUT2D eigenvalue weighted by atomic mass is 9.90. The SMILES string of the molecule is CCN(CC)CCCCNC(=O)C(c1ccccc1)c1ccccc1. The van der Waals surface area contributed by atoms with Crippen molar-refractivity contribution in [3.05, 3.63) is 71.8 Å². The molecule has 0 saturated heterocycles. The third-order valence-corrected chi connectivity index (χ3v) is 4.62. The minimum absolute atomic E-state index is 0.0836. The molecule has 0 spiro atoms. The lowest BCUT2D eigenvalue weighted by molar-refractivity contribution is -0.121. The van der Waals surface area contributed by atoms with E-state index in [-0.39, 0.29) is 11.8 Å². The molecule has 3 nitrogen and oxygen atoms in total. The molecule has 2 aromatic rings. The summed E-state index contributed by atoms with van der Waals surface area (Å²) >= 11 is 0. The summed E-state index contributed by atoms with van der Waals surface area (Å²) in [5.74, 6) is -0.162. The Labute approximate surface area is 152 Å². The molecule has 25 heavy (non-hydrogen) atoms. The van der Waals surface area contributed by atoms with Gasteiger partial charge in [-0.15, -0.1) is 0 Å². The van der Waals surface area contributed by atoms with Crippen molar-refractivity contribution in [2.24, 2.45) is 0 Å². The van der Waals surface area contributed by atoms with Gasteiger partial charge >= 0.3 is 0 Å². The van der Waals surface area contributed by atoms with E-state index in [0.717, 1.165) is 50.1 Å². The topological polar surface area (TPSA) is 32.3 Å². The third kappa shape index (κ3) is 6.02. The van der Waals surface area contributed by atoms with Crippen LogP contribution >= 0.6 is 0 Å². The Kier molecular flexibility index (Phi) is 8.20. The van der Waals surface area contributed by atoms with Crippen LogP contribution in [0, 0.1) is 0 Å². The van der Waals surface area contributed by atoms with Crippen molar-refractivity contribution < 1.29 is 4.79 Å². The fraction of sp³-hybridized carbons (Fsp3) is 0.409. The number of nitrogens with zero attached hydrogens (tertiary/aromatic N) is 1. The molecular weight excluding hydrogens is 308 g/mol. The second-order valence-corrected chi connectivity index (χ2v) is 6.28. The number of carbonyl (C=O) groups is 1. The molecule has 0 unspecified atom stereocenters. The first-order valence-electron chi connectivity index (χ1n) is 9.36. The number of unbranched alkanes of at least 4 members (excludes halogenated alkanes) is 1. The van der Waals surface area contributed by atoms with Crippen molar-refractivity contribution in [3.63, 3.8) is 0 Å². The van der Waals surface area contributed by atoms with Crippen LogP contribution in [-0.2, 0) is 4.79 Å². The monoisotopic (exact) mass is 338 g/mol. The molecule has 0 radical (unpaired) electrons. The molecule has 2 aromatic carbocycles. The van der Waals surface area contributed by atoms with Crippen molar-refractivity contribution in [1.82, 2.24) is 10.2 Å². The van der Waals surface area contributed by atoms with Gasteiger partial charge in [0.25, 0.3) is 0 Å². The number of hydrogen-bond acceptors (Lipinski definition) is 2. The van der Waals surface area contributed by atoms with Crippen LogP contribution in [0.3, 0.4) is 0 Å². The first-order chi connectivity index (χ1) is 12.3. The number of carbonyl (C=O) groups excluding carboxylic acids is 1. The summed E-state index contributed by atoms with van der Waals surface area (Å²) in [6.07, 6.45) is 2.13. The zero-order valence-electron chi connectivity index (χ0n) is 15.4. The quantitative estimate of drug-likeness (QED) is 0.663. The molecule has 1 amide bonds. The normalized spacial score (nSPS) is 11.0. The van der Waals surface area contributed by atoms with Gasteiger partial charge in [-0.2, -0.15) is 0 Å². The van der Waals surface area contributed by atoms with Crippen LogP contribution < -0.4 is 5.32 Å². The molecule has 0 bridgehead atoms. The van der Waals surface area contributed by atoms with Gasteiger partial charge in [-0.1, -0.05) is 74.5 Å². The van der Waals surface area contributed by atoms with Crippen LogP contribution in [-0.4, -0.2) is 37.0 Å². The number of hydrogen-bond donors (Lipinski definition) is 1. The largest absolute Gasteiger partial charge is 0.355 e. The summed E-state index contributed by atoms with van der Waals surface area (Å²) < 4.78 is 0. The molecule has 2 rings (SSSR count). The van der Waals surface area contributed by atoms with E-state index >= 15 is 0 Å². The molecular formula is C22H30N2O. The minimum atomic E-state index is -0.245. The summed E-state index contributed by atoms with van der Waals surface area (Å²) in [5.41, 5.74) is 2.07. The van der Waals surface area contributed by atoms with Crippen molar-refractivity contribution in [3.8, 4) is 0 Å². The Hall–Kier alpha value is -2.13. The van der Waals surface area contributed by atoms with Crippen molar-refractivity contribution in [1.29, 1.82) is 0 Å². The first-order valence-corrected chi connectivity index (χ1v) is 9.36. The van der Waals surface area contributed by atoms with Gasteiger partial charge in [-0.25, -0.2) is 0 Å². The Morgan fingerprint density at radius 1 is 0.880 bits per heavy atom. The van der Waals surface area contributed by atoms with Crippen LogP contribution in [0.25, 0.3) is 0 Å². The van der Waals surface area contributed by atoms with Gasteiger partial charge in [0.1, 0.15) is 0 Å². The van der Waals surface area contributed by atoms with Crippen LogP contribution in [0.15, 0.2) is 60.7 Å². The highest BCUT2D eigenvalue weighted by molar-refractivity contribution is 5.87. The van der Waals surface area contributed by atoms with E-state index in [4.69, 9.17) is 0 Å². The molecule has 0 saturated carbocycles. The van der Waals surface area contributed by atoms with Crippen LogP contribution in [0.4, 0.5) is 0 Å². The average Bonchev–Trinajstić information content (AvgIpc) is 2.66. The van der Waals surface area contributed by atoms with E-state index < -0.39 is 0 Å². The molecule has 0 aliphatic carbocycles. The van der Waals surface area contributed by atoms with Gasteiger partial charge in [-0.05, 0) is 43.6 Å². The lowest BCUT2D eigenvalue weighted by Crippen LogP contribution is -2.31. The standard InChI is InChI=1S/C22H30N2O/c1-3-24(4-2)18-12-11-17-23-22(25)21(19-13-7-5-8-14-19)20-15-9-6-10-16-20/h5-10,13-16,21H,3-4,11-12,17-18H2,1-2H3,(H,23,25). The first kappa shape index (κ1) is 19.2. The van der Waals surface area contributed by atoms with Gasteiger partial charge in [0.2, 0.25) is 5.91 Å². The summed E-state index contributed by atoms with van der Waals surface area (Å²) in [5, 5.41) is 3.13. The van der Waals surface area contributed by atoms with Crippen molar-refractivity contribution in [2.45, 2.75) is 32.6 Å². The van der Waals surface area contributed by atoms with E-state index in [1.165, 1.54) is 0 Å². The third-order valence-electron chi connectivity index (χ3n) is 4.62. The lowest BCUT2D eigenvalue weighted by Gasteiger charge is -2.19. The van der Waals surface area contributed by atoms with E-state index in [1.54, 1.807) is 0 Å². The second-order valence-electron chi connectivity index (χ2n) is 6.28. The van der Waals surface area contributed by atoms with Crippen LogP contribution in [0.1, 0.15) is 43.7 Å². The van der Waals surface area contributed by atoms with Gasteiger partial charge < -0.3 is 10.2 Å². The molecule has 0 aromatic heterocycles. The van der Waals surface area contributed by atoms with Gasteiger partial charge in [0, 0.05) is 6.54 Å². The number of nitrogens with one attached hydrogen (secondary N) is 1. The second kappa shape index (κ2) is 10.7. The predicted molar refractivity (Wildman–Crippen MR) is 105 cm³/mol. The van der Waals surface area contributed by atoms with Crippen molar-refractivity contribution >= 4 is 5.91 Å². The maximum atomic E-state index is 12.8. The Morgan fingerprint density at radius 3 is 1.88 bits per heavy atom. The summed E-state index contributed by atoms with van der Waals surface area (Å²) in [4.78, 5) is 15.2. The summed E-state index contributed by atoms with van der Waals surface area (Å²) in [7, 11) is 0. The zero-order chi connectivity index (χ0) is 17.9. The van der Waals surface area contributed by atoms with E-state index in [2.05, 4.69) is 24.1 Å².